The van der Waals surface area contributed by atoms with E-state index in [-0.39, 0.29) is 5.78 Å². The minimum atomic E-state index is 0.0204. The van der Waals surface area contributed by atoms with E-state index in [9.17, 15) is 4.79 Å². The summed E-state index contributed by atoms with van der Waals surface area (Å²) in [5.74, 6) is 0.674. The van der Waals surface area contributed by atoms with E-state index < -0.39 is 0 Å². The molecule has 0 saturated carbocycles. The molecule has 0 fully saturated rings. The Kier molecular flexibility index (Phi) is 4.94. The molecule has 0 heterocycles. The Labute approximate surface area is 120 Å². The van der Waals surface area contributed by atoms with Gasteiger partial charge in [-0.3, -0.25) is 4.79 Å². The van der Waals surface area contributed by atoms with Gasteiger partial charge in [-0.25, -0.2) is 0 Å². The first kappa shape index (κ1) is 14.3. The second kappa shape index (κ2) is 6.90. The quantitative estimate of drug-likeness (QED) is 0.731. The summed E-state index contributed by atoms with van der Waals surface area (Å²) in [6.07, 6.45) is 2.07. The zero-order valence-electron chi connectivity index (χ0n) is 12.1. The van der Waals surface area contributed by atoms with Gasteiger partial charge in [-0.05, 0) is 37.1 Å². The Balaban J connectivity index is 2.33. The monoisotopic (exact) mass is 268 g/mol. The Morgan fingerprint density at radius 2 is 1.85 bits per heavy atom. The van der Waals surface area contributed by atoms with E-state index in [2.05, 4.69) is 13.0 Å². The second-order valence-electron chi connectivity index (χ2n) is 4.71. The molecule has 0 bridgehead atoms. The standard InChI is InChI=1S/C18H20O2/c1-3-8-14-9-7-10-15(13-14)18(19)16-11-5-6-12-17(16)20-4-2/h5-7,9-13H,3-4,8H2,1-2H3. The topological polar surface area (TPSA) is 26.3 Å². The van der Waals surface area contributed by atoms with Crippen molar-refractivity contribution >= 4 is 5.78 Å². The summed E-state index contributed by atoms with van der Waals surface area (Å²) in [5.41, 5.74) is 2.55. The molecule has 0 saturated heterocycles. The van der Waals surface area contributed by atoms with Crippen LogP contribution in [0.5, 0.6) is 5.75 Å². The van der Waals surface area contributed by atoms with Crippen LogP contribution in [0.4, 0.5) is 0 Å². The molecule has 0 unspecified atom stereocenters. The van der Waals surface area contributed by atoms with E-state index in [1.54, 1.807) is 0 Å². The smallest absolute Gasteiger partial charge is 0.196 e. The van der Waals surface area contributed by atoms with Gasteiger partial charge >= 0.3 is 0 Å². The first-order valence-corrected chi connectivity index (χ1v) is 7.11. The molecule has 20 heavy (non-hydrogen) atoms. The molecule has 0 N–H and O–H groups in total. The van der Waals surface area contributed by atoms with Crippen LogP contribution in [0.2, 0.25) is 0 Å². The van der Waals surface area contributed by atoms with Crippen LogP contribution in [0.15, 0.2) is 48.5 Å². The van der Waals surface area contributed by atoms with Gasteiger partial charge in [0.2, 0.25) is 0 Å². The van der Waals surface area contributed by atoms with Crippen LogP contribution < -0.4 is 4.74 Å². The highest BCUT2D eigenvalue weighted by molar-refractivity contribution is 6.10. The van der Waals surface area contributed by atoms with Crippen LogP contribution in [0.1, 0.15) is 41.8 Å². The number of para-hydroxylation sites is 1. The molecule has 2 aromatic rings. The largest absolute Gasteiger partial charge is 0.493 e. The van der Waals surface area contributed by atoms with E-state index in [1.165, 1.54) is 5.56 Å². The van der Waals surface area contributed by atoms with Crippen LogP contribution >= 0.6 is 0 Å². The van der Waals surface area contributed by atoms with Crippen molar-refractivity contribution in [3.8, 4) is 5.75 Å². The van der Waals surface area contributed by atoms with E-state index >= 15 is 0 Å². The third-order valence-electron chi connectivity index (χ3n) is 3.16. The number of rotatable bonds is 6. The Hall–Kier alpha value is -2.09. The average Bonchev–Trinajstić information content (AvgIpc) is 2.48. The fraction of sp³-hybridized carbons (Fsp3) is 0.278. The first-order chi connectivity index (χ1) is 9.76. The second-order valence-corrected chi connectivity index (χ2v) is 4.71. The lowest BCUT2D eigenvalue weighted by Gasteiger charge is -2.09. The zero-order chi connectivity index (χ0) is 14.4. The van der Waals surface area contributed by atoms with E-state index in [0.29, 0.717) is 17.9 Å². The van der Waals surface area contributed by atoms with E-state index in [0.717, 1.165) is 18.4 Å². The van der Waals surface area contributed by atoms with Gasteiger partial charge in [0, 0.05) is 5.56 Å². The molecular weight excluding hydrogens is 248 g/mol. The minimum absolute atomic E-state index is 0.0204. The Morgan fingerprint density at radius 3 is 2.60 bits per heavy atom. The summed E-state index contributed by atoms with van der Waals surface area (Å²) < 4.78 is 5.54. The van der Waals surface area contributed by atoms with Crippen LogP contribution in [0.25, 0.3) is 0 Å². The van der Waals surface area contributed by atoms with Gasteiger partial charge in [-0.15, -0.1) is 0 Å². The van der Waals surface area contributed by atoms with Crippen molar-refractivity contribution in [2.75, 3.05) is 6.61 Å². The number of hydrogen-bond acceptors (Lipinski definition) is 2. The highest BCUT2D eigenvalue weighted by Crippen LogP contribution is 2.22. The van der Waals surface area contributed by atoms with Crippen LogP contribution in [-0.4, -0.2) is 12.4 Å². The number of aryl methyl sites for hydroxylation is 1. The molecule has 104 valence electrons. The van der Waals surface area contributed by atoms with Gasteiger partial charge in [0.05, 0.1) is 12.2 Å². The van der Waals surface area contributed by atoms with Crippen molar-refractivity contribution in [1.82, 2.24) is 0 Å². The van der Waals surface area contributed by atoms with Crippen molar-refractivity contribution in [2.45, 2.75) is 26.7 Å². The maximum absolute atomic E-state index is 12.6. The molecule has 0 spiro atoms. The SMILES string of the molecule is CCCc1cccc(C(=O)c2ccccc2OCC)c1. The Bertz CT molecular complexity index is 587. The molecule has 0 aromatic heterocycles. The zero-order valence-corrected chi connectivity index (χ0v) is 12.1. The number of hydrogen-bond donors (Lipinski definition) is 0. The molecule has 0 aliphatic carbocycles. The molecule has 0 amide bonds. The van der Waals surface area contributed by atoms with Crippen LogP contribution in [0.3, 0.4) is 0 Å². The number of carbonyl (C=O) groups excluding carboxylic acids is 1. The number of benzene rings is 2. The maximum Gasteiger partial charge on any atom is 0.196 e. The fourth-order valence-electron chi connectivity index (χ4n) is 2.25. The molecule has 2 rings (SSSR count). The van der Waals surface area contributed by atoms with Crippen LogP contribution in [0, 0.1) is 0 Å². The van der Waals surface area contributed by atoms with Gasteiger partial charge in [-0.1, -0.05) is 43.7 Å². The summed E-state index contributed by atoms with van der Waals surface area (Å²) >= 11 is 0. The lowest BCUT2D eigenvalue weighted by Crippen LogP contribution is -2.05. The average molecular weight is 268 g/mol. The first-order valence-electron chi connectivity index (χ1n) is 7.11. The van der Waals surface area contributed by atoms with Gasteiger partial charge in [0.25, 0.3) is 0 Å². The van der Waals surface area contributed by atoms with Gasteiger partial charge in [-0.2, -0.15) is 0 Å². The number of carbonyl (C=O) groups is 1. The molecule has 0 atom stereocenters. The van der Waals surface area contributed by atoms with Crippen molar-refractivity contribution in [3.05, 3.63) is 65.2 Å². The fourth-order valence-corrected chi connectivity index (χ4v) is 2.25. The van der Waals surface area contributed by atoms with Crippen molar-refractivity contribution in [3.63, 3.8) is 0 Å². The molecule has 0 aliphatic rings. The molecule has 2 heteroatoms. The third kappa shape index (κ3) is 3.27. The summed E-state index contributed by atoms with van der Waals surface area (Å²) in [6.45, 7) is 4.61. The van der Waals surface area contributed by atoms with Crippen LogP contribution in [-0.2, 0) is 6.42 Å². The van der Waals surface area contributed by atoms with Gasteiger partial charge in [0.1, 0.15) is 5.75 Å². The minimum Gasteiger partial charge on any atom is -0.493 e. The predicted molar refractivity (Wildman–Crippen MR) is 81.5 cm³/mol. The molecule has 2 aromatic carbocycles. The molecule has 2 nitrogen and oxygen atoms in total. The van der Waals surface area contributed by atoms with E-state index in [4.69, 9.17) is 4.74 Å². The third-order valence-corrected chi connectivity index (χ3v) is 3.16. The van der Waals surface area contributed by atoms with Gasteiger partial charge < -0.3 is 4.74 Å². The summed E-state index contributed by atoms with van der Waals surface area (Å²) in [6, 6.07) is 15.3. The summed E-state index contributed by atoms with van der Waals surface area (Å²) in [7, 11) is 0. The molecular formula is C18H20O2. The molecule has 0 radical (unpaired) electrons. The van der Waals surface area contributed by atoms with Gasteiger partial charge in [0.15, 0.2) is 5.78 Å². The lowest BCUT2D eigenvalue weighted by molar-refractivity contribution is 0.103. The van der Waals surface area contributed by atoms with Crippen molar-refractivity contribution in [1.29, 1.82) is 0 Å². The number of ether oxygens (including phenoxy) is 1. The summed E-state index contributed by atoms with van der Waals surface area (Å²) in [4.78, 5) is 12.6. The highest BCUT2D eigenvalue weighted by Gasteiger charge is 2.14. The van der Waals surface area contributed by atoms with E-state index in [1.807, 2.05) is 49.4 Å². The van der Waals surface area contributed by atoms with Crippen molar-refractivity contribution in [2.24, 2.45) is 0 Å². The summed E-state index contributed by atoms with van der Waals surface area (Å²) in [5, 5.41) is 0. The lowest BCUT2D eigenvalue weighted by atomic mass is 9.99. The molecule has 0 aliphatic heterocycles. The normalized spacial score (nSPS) is 10.3. The predicted octanol–water partition coefficient (Wildman–Crippen LogP) is 4.27. The number of ketones is 1. The maximum atomic E-state index is 12.6. The highest BCUT2D eigenvalue weighted by atomic mass is 16.5. The van der Waals surface area contributed by atoms with Crippen molar-refractivity contribution < 1.29 is 9.53 Å². The Morgan fingerprint density at radius 1 is 1.05 bits per heavy atom.